The lowest BCUT2D eigenvalue weighted by Crippen LogP contribution is -2.35. The minimum atomic E-state index is -3.14. The quantitative estimate of drug-likeness (QED) is 0.804. The molecule has 3 aliphatic rings. The molecule has 2 fully saturated rings. The molecule has 7 nitrogen and oxygen atoms in total. The van der Waals surface area contributed by atoms with Gasteiger partial charge in [0.2, 0.25) is 5.95 Å². The molecular formula is C16H24N4O3S. The van der Waals surface area contributed by atoms with Crippen LogP contribution in [0.3, 0.4) is 0 Å². The Kier molecular flexibility index (Phi) is 4.22. The fourth-order valence-corrected chi connectivity index (χ4v) is 5.72. The lowest BCUT2D eigenvalue weighted by atomic mass is 10.00. The minimum absolute atomic E-state index is 0.0555. The standard InChI is InChI=1S/C16H24N4O3S/c1-23-5-4-20-8-13-14(9-20)24(21,22)10-12-7-18-16(19-15(12)13)17-6-11-2-3-11/h7,11,13-14H,2-6,8-10H2,1H3,(H,17,18,19)/t13-,14+/m0/s1. The van der Waals surface area contributed by atoms with Crippen LogP contribution in [0.15, 0.2) is 6.20 Å². The number of rotatable bonds is 6. The smallest absolute Gasteiger partial charge is 0.222 e. The van der Waals surface area contributed by atoms with Gasteiger partial charge in [-0.3, -0.25) is 4.90 Å². The van der Waals surface area contributed by atoms with Crippen LogP contribution in [0.25, 0.3) is 0 Å². The van der Waals surface area contributed by atoms with Crippen LogP contribution in [0.5, 0.6) is 0 Å². The number of aromatic nitrogens is 2. The summed E-state index contributed by atoms with van der Waals surface area (Å²) in [6.45, 7) is 3.58. The predicted octanol–water partition coefficient (Wildman–Crippen LogP) is 0.641. The van der Waals surface area contributed by atoms with E-state index in [0.29, 0.717) is 19.1 Å². The molecule has 24 heavy (non-hydrogen) atoms. The van der Waals surface area contributed by atoms with Crippen LogP contribution in [0, 0.1) is 5.92 Å². The highest BCUT2D eigenvalue weighted by molar-refractivity contribution is 7.91. The first-order valence-electron chi connectivity index (χ1n) is 8.59. The van der Waals surface area contributed by atoms with Gasteiger partial charge in [-0.1, -0.05) is 0 Å². The molecule has 2 atom stereocenters. The molecule has 0 radical (unpaired) electrons. The van der Waals surface area contributed by atoms with E-state index >= 15 is 0 Å². The minimum Gasteiger partial charge on any atom is -0.383 e. The van der Waals surface area contributed by atoms with Gasteiger partial charge in [0.05, 0.1) is 23.3 Å². The Labute approximate surface area is 142 Å². The Morgan fingerprint density at radius 3 is 2.96 bits per heavy atom. The van der Waals surface area contributed by atoms with Gasteiger partial charge in [0.1, 0.15) is 0 Å². The van der Waals surface area contributed by atoms with Gasteiger partial charge >= 0.3 is 0 Å². The maximum atomic E-state index is 12.6. The van der Waals surface area contributed by atoms with Gasteiger partial charge in [-0.25, -0.2) is 18.4 Å². The number of hydrogen-bond donors (Lipinski definition) is 1. The highest BCUT2D eigenvalue weighted by atomic mass is 32.2. The molecule has 1 aliphatic carbocycles. The number of sulfone groups is 1. The second kappa shape index (κ2) is 6.24. The molecule has 0 bridgehead atoms. The van der Waals surface area contributed by atoms with E-state index in [0.717, 1.165) is 36.8 Å². The SMILES string of the molecule is COCCN1C[C@@H]2c3nc(NCC4CC4)ncc3CS(=O)(=O)[C@@H]2C1. The van der Waals surface area contributed by atoms with Crippen LogP contribution in [0.2, 0.25) is 0 Å². The van der Waals surface area contributed by atoms with Crippen molar-refractivity contribution in [2.75, 3.05) is 45.2 Å². The van der Waals surface area contributed by atoms with Crippen molar-refractivity contribution in [3.05, 3.63) is 17.5 Å². The largest absolute Gasteiger partial charge is 0.383 e. The van der Waals surface area contributed by atoms with Gasteiger partial charge in [0, 0.05) is 51.0 Å². The number of methoxy groups -OCH3 is 1. The maximum Gasteiger partial charge on any atom is 0.222 e. The van der Waals surface area contributed by atoms with Crippen LogP contribution < -0.4 is 5.32 Å². The zero-order chi connectivity index (χ0) is 16.7. The third-order valence-corrected chi connectivity index (χ3v) is 7.38. The normalized spacial score (nSPS) is 28.4. The Hall–Kier alpha value is -1.25. The average molecular weight is 352 g/mol. The molecule has 4 rings (SSSR count). The molecule has 2 aliphatic heterocycles. The van der Waals surface area contributed by atoms with Crippen molar-refractivity contribution in [3.63, 3.8) is 0 Å². The van der Waals surface area contributed by atoms with E-state index in [2.05, 4.69) is 15.2 Å². The Morgan fingerprint density at radius 1 is 1.38 bits per heavy atom. The van der Waals surface area contributed by atoms with Crippen LogP contribution in [0.4, 0.5) is 5.95 Å². The van der Waals surface area contributed by atoms with E-state index in [1.54, 1.807) is 13.3 Å². The average Bonchev–Trinajstić information content (AvgIpc) is 3.28. The van der Waals surface area contributed by atoms with Gasteiger partial charge < -0.3 is 10.1 Å². The summed E-state index contributed by atoms with van der Waals surface area (Å²) in [7, 11) is -1.48. The zero-order valence-electron chi connectivity index (χ0n) is 13.9. The van der Waals surface area contributed by atoms with Gasteiger partial charge in [-0.2, -0.15) is 0 Å². The van der Waals surface area contributed by atoms with Crippen molar-refractivity contribution >= 4 is 15.8 Å². The number of anilines is 1. The van der Waals surface area contributed by atoms with Gasteiger partial charge in [-0.15, -0.1) is 0 Å². The first kappa shape index (κ1) is 16.2. The molecule has 132 valence electrons. The fraction of sp³-hybridized carbons (Fsp3) is 0.750. The molecule has 1 N–H and O–H groups in total. The van der Waals surface area contributed by atoms with Crippen molar-refractivity contribution in [2.24, 2.45) is 5.92 Å². The molecule has 0 spiro atoms. The number of nitrogens with zero attached hydrogens (tertiary/aromatic N) is 3. The highest BCUT2D eigenvalue weighted by Gasteiger charge is 2.47. The third kappa shape index (κ3) is 3.14. The molecule has 1 aromatic rings. The Balaban J connectivity index is 1.58. The highest BCUT2D eigenvalue weighted by Crippen LogP contribution is 2.39. The van der Waals surface area contributed by atoms with Gasteiger partial charge in [-0.05, 0) is 18.8 Å². The van der Waals surface area contributed by atoms with Crippen LogP contribution in [-0.2, 0) is 20.3 Å². The topological polar surface area (TPSA) is 84.4 Å². The van der Waals surface area contributed by atoms with E-state index in [4.69, 9.17) is 9.72 Å². The Morgan fingerprint density at radius 2 is 2.21 bits per heavy atom. The van der Waals surface area contributed by atoms with E-state index in [9.17, 15) is 8.42 Å². The summed E-state index contributed by atoms with van der Waals surface area (Å²) >= 11 is 0. The molecule has 1 saturated carbocycles. The predicted molar refractivity (Wildman–Crippen MR) is 90.7 cm³/mol. The number of fused-ring (bicyclic) bond motifs is 3. The molecule has 1 saturated heterocycles. The van der Waals surface area contributed by atoms with E-state index in [-0.39, 0.29) is 16.9 Å². The summed E-state index contributed by atoms with van der Waals surface area (Å²) in [5.41, 5.74) is 1.69. The van der Waals surface area contributed by atoms with Crippen molar-refractivity contribution < 1.29 is 13.2 Å². The van der Waals surface area contributed by atoms with E-state index in [1.165, 1.54) is 12.8 Å². The summed E-state index contributed by atoms with van der Waals surface area (Å²) in [5, 5.41) is 2.94. The van der Waals surface area contributed by atoms with Crippen molar-refractivity contribution in [3.8, 4) is 0 Å². The molecular weight excluding hydrogens is 328 g/mol. The molecule has 3 heterocycles. The van der Waals surface area contributed by atoms with Gasteiger partial charge in [0.15, 0.2) is 9.84 Å². The van der Waals surface area contributed by atoms with Crippen molar-refractivity contribution in [2.45, 2.75) is 29.8 Å². The number of nitrogens with one attached hydrogen (secondary N) is 1. The molecule has 0 unspecified atom stereocenters. The van der Waals surface area contributed by atoms with Gasteiger partial charge in [0.25, 0.3) is 0 Å². The maximum absolute atomic E-state index is 12.6. The zero-order valence-corrected chi connectivity index (χ0v) is 14.8. The lowest BCUT2D eigenvalue weighted by Gasteiger charge is -2.26. The second-order valence-electron chi connectivity index (χ2n) is 7.13. The molecule has 8 heteroatoms. The molecule has 0 aromatic carbocycles. The summed E-state index contributed by atoms with van der Waals surface area (Å²) in [5.74, 6) is 1.38. The number of likely N-dealkylation sites (tertiary alicyclic amines) is 1. The summed E-state index contributed by atoms with van der Waals surface area (Å²) in [4.78, 5) is 11.2. The van der Waals surface area contributed by atoms with E-state index in [1.807, 2.05) is 0 Å². The van der Waals surface area contributed by atoms with Crippen LogP contribution >= 0.6 is 0 Å². The summed E-state index contributed by atoms with van der Waals surface area (Å²) in [6, 6.07) is 0. The van der Waals surface area contributed by atoms with E-state index < -0.39 is 9.84 Å². The number of hydrogen-bond acceptors (Lipinski definition) is 7. The molecule has 1 aromatic heterocycles. The second-order valence-corrected chi connectivity index (χ2v) is 9.35. The molecule has 0 amide bonds. The first-order valence-corrected chi connectivity index (χ1v) is 10.3. The summed E-state index contributed by atoms with van der Waals surface area (Å²) < 4.78 is 30.4. The third-order valence-electron chi connectivity index (χ3n) is 5.27. The van der Waals surface area contributed by atoms with Crippen molar-refractivity contribution in [1.29, 1.82) is 0 Å². The van der Waals surface area contributed by atoms with Crippen molar-refractivity contribution in [1.82, 2.24) is 14.9 Å². The van der Waals surface area contributed by atoms with Crippen LogP contribution in [-0.4, -0.2) is 68.4 Å². The summed E-state index contributed by atoms with van der Waals surface area (Å²) in [6.07, 6.45) is 4.24. The lowest BCUT2D eigenvalue weighted by molar-refractivity contribution is 0.160. The Bertz CT molecular complexity index is 720. The van der Waals surface area contributed by atoms with Crippen LogP contribution in [0.1, 0.15) is 30.0 Å². The first-order chi connectivity index (χ1) is 11.6. The fourth-order valence-electron chi connectivity index (χ4n) is 3.70. The number of ether oxygens (including phenoxy) is 1. The monoisotopic (exact) mass is 352 g/mol.